The summed E-state index contributed by atoms with van der Waals surface area (Å²) in [5, 5.41) is 9.23. The van der Waals surface area contributed by atoms with Gasteiger partial charge in [0.25, 0.3) is 0 Å². The third kappa shape index (κ3) is 2.17. The van der Waals surface area contributed by atoms with Crippen LogP contribution in [-0.4, -0.2) is 17.3 Å². The molecule has 1 aromatic carbocycles. The first-order valence-electron chi connectivity index (χ1n) is 4.95. The minimum absolute atomic E-state index is 0.215. The van der Waals surface area contributed by atoms with Gasteiger partial charge in [0.2, 0.25) is 0 Å². The molecule has 1 aromatic rings. The van der Waals surface area contributed by atoms with Crippen LogP contribution in [0.15, 0.2) is 24.3 Å². The molecule has 1 aliphatic carbocycles. The number of hydrogen-bond donors (Lipinski definition) is 2. The van der Waals surface area contributed by atoms with Crippen LogP contribution in [0.2, 0.25) is 0 Å². The zero-order valence-corrected chi connectivity index (χ0v) is 8.02. The van der Waals surface area contributed by atoms with E-state index in [1.54, 1.807) is 18.2 Å². The van der Waals surface area contributed by atoms with Crippen LogP contribution in [0, 0.1) is 0 Å². The summed E-state index contributed by atoms with van der Waals surface area (Å²) < 4.78 is 5.69. The first-order valence-corrected chi connectivity index (χ1v) is 4.95. The van der Waals surface area contributed by atoms with E-state index >= 15 is 0 Å². The highest BCUT2D eigenvalue weighted by Gasteiger charge is 2.23. The first-order chi connectivity index (χ1) is 6.74. The smallest absolute Gasteiger partial charge is 0.123 e. The van der Waals surface area contributed by atoms with Gasteiger partial charge in [-0.15, -0.1) is 0 Å². The van der Waals surface area contributed by atoms with Crippen molar-refractivity contribution >= 4 is 0 Å². The zero-order chi connectivity index (χ0) is 9.97. The van der Waals surface area contributed by atoms with Gasteiger partial charge in [-0.25, -0.2) is 0 Å². The quantitative estimate of drug-likeness (QED) is 0.750. The molecule has 0 saturated heterocycles. The van der Waals surface area contributed by atoms with Crippen LogP contribution >= 0.6 is 0 Å². The van der Waals surface area contributed by atoms with Crippen molar-refractivity contribution in [3.63, 3.8) is 0 Å². The summed E-state index contributed by atoms with van der Waals surface area (Å²) in [6.07, 6.45) is 3.17. The number of aromatic hydroxyl groups is 1. The Bertz CT molecular complexity index is 314. The Balaban J connectivity index is 1.97. The second-order valence-electron chi connectivity index (χ2n) is 3.81. The summed E-state index contributed by atoms with van der Waals surface area (Å²) in [5.74, 6) is 0.967. The summed E-state index contributed by atoms with van der Waals surface area (Å²) in [6, 6.07) is 7.16. The fraction of sp³-hybridized carbons (Fsp3) is 0.455. The second kappa shape index (κ2) is 3.88. The maximum Gasteiger partial charge on any atom is 0.123 e. The van der Waals surface area contributed by atoms with Crippen LogP contribution < -0.4 is 10.5 Å². The van der Waals surface area contributed by atoms with E-state index in [4.69, 9.17) is 10.5 Å². The number of nitrogens with two attached hydrogens (primary N) is 1. The monoisotopic (exact) mass is 193 g/mol. The maximum absolute atomic E-state index is 9.23. The minimum atomic E-state index is 0.215. The van der Waals surface area contributed by atoms with E-state index < -0.39 is 0 Å². The molecule has 2 atom stereocenters. The van der Waals surface area contributed by atoms with Gasteiger partial charge in [-0.05, 0) is 31.4 Å². The number of phenolic OH excluding ortho intramolecular Hbond substituents is 1. The Kier molecular flexibility index (Phi) is 2.59. The van der Waals surface area contributed by atoms with Crippen LogP contribution in [0.1, 0.15) is 19.3 Å². The predicted octanol–water partition coefficient (Wildman–Crippen LogP) is 1.65. The molecular formula is C11H15NO2. The Morgan fingerprint density at radius 2 is 2.21 bits per heavy atom. The zero-order valence-electron chi connectivity index (χ0n) is 8.02. The molecular weight excluding hydrogens is 178 g/mol. The Morgan fingerprint density at radius 3 is 2.86 bits per heavy atom. The highest BCUT2D eigenvalue weighted by atomic mass is 16.5. The average Bonchev–Trinajstić information content (AvgIpc) is 2.51. The minimum Gasteiger partial charge on any atom is -0.508 e. The molecule has 1 fully saturated rings. The molecule has 3 heteroatoms. The van der Waals surface area contributed by atoms with Gasteiger partial charge in [-0.1, -0.05) is 6.07 Å². The first kappa shape index (κ1) is 9.34. The van der Waals surface area contributed by atoms with Crippen molar-refractivity contribution in [2.24, 2.45) is 5.73 Å². The lowest BCUT2D eigenvalue weighted by molar-refractivity contribution is 0.207. The Morgan fingerprint density at radius 1 is 1.36 bits per heavy atom. The molecule has 2 unspecified atom stereocenters. The van der Waals surface area contributed by atoms with Crippen LogP contribution in [0.5, 0.6) is 11.5 Å². The lowest BCUT2D eigenvalue weighted by Gasteiger charge is -2.13. The largest absolute Gasteiger partial charge is 0.508 e. The van der Waals surface area contributed by atoms with E-state index in [1.807, 2.05) is 6.07 Å². The number of rotatable bonds is 2. The third-order valence-electron chi connectivity index (χ3n) is 2.55. The highest BCUT2D eigenvalue weighted by molar-refractivity contribution is 5.31. The van der Waals surface area contributed by atoms with Gasteiger partial charge in [-0.3, -0.25) is 0 Å². The summed E-state index contributed by atoms with van der Waals surface area (Å²) in [4.78, 5) is 0. The van der Waals surface area contributed by atoms with Gasteiger partial charge in [0.1, 0.15) is 17.6 Å². The van der Waals surface area contributed by atoms with Crippen molar-refractivity contribution in [1.82, 2.24) is 0 Å². The molecule has 0 heterocycles. The van der Waals surface area contributed by atoms with E-state index in [9.17, 15) is 5.11 Å². The molecule has 2 rings (SSSR count). The van der Waals surface area contributed by atoms with Gasteiger partial charge in [0.05, 0.1) is 0 Å². The lowest BCUT2D eigenvalue weighted by atomic mass is 10.2. The van der Waals surface area contributed by atoms with Gasteiger partial charge in [0.15, 0.2) is 0 Å². The van der Waals surface area contributed by atoms with Crippen molar-refractivity contribution in [3.8, 4) is 11.5 Å². The van der Waals surface area contributed by atoms with E-state index in [1.165, 1.54) is 0 Å². The van der Waals surface area contributed by atoms with Gasteiger partial charge >= 0.3 is 0 Å². The van der Waals surface area contributed by atoms with Crippen molar-refractivity contribution in [1.29, 1.82) is 0 Å². The van der Waals surface area contributed by atoms with Crippen molar-refractivity contribution in [2.75, 3.05) is 0 Å². The van der Waals surface area contributed by atoms with Crippen LogP contribution in [-0.2, 0) is 0 Å². The van der Waals surface area contributed by atoms with E-state index in [0.717, 1.165) is 25.0 Å². The van der Waals surface area contributed by atoms with E-state index in [0.29, 0.717) is 0 Å². The molecule has 0 bridgehead atoms. The maximum atomic E-state index is 9.23. The molecule has 3 N–H and O–H groups in total. The van der Waals surface area contributed by atoms with Crippen molar-refractivity contribution in [2.45, 2.75) is 31.4 Å². The standard InChI is InChI=1S/C11H15NO2/c12-8-4-5-11(6-8)14-10-3-1-2-9(13)7-10/h1-3,7-8,11,13H,4-6,12H2. The molecule has 3 nitrogen and oxygen atoms in total. The number of ether oxygens (including phenoxy) is 1. The van der Waals surface area contributed by atoms with E-state index in [2.05, 4.69) is 0 Å². The fourth-order valence-corrected chi connectivity index (χ4v) is 1.83. The Labute approximate surface area is 83.5 Å². The molecule has 0 aliphatic heterocycles. The summed E-state index contributed by atoms with van der Waals surface area (Å²) in [5.41, 5.74) is 5.78. The third-order valence-corrected chi connectivity index (χ3v) is 2.55. The predicted molar refractivity (Wildman–Crippen MR) is 54.3 cm³/mol. The molecule has 1 aliphatic rings. The fourth-order valence-electron chi connectivity index (χ4n) is 1.83. The molecule has 0 aromatic heterocycles. The topological polar surface area (TPSA) is 55.5 Å². The normalized spacial score (nSPS) is 26.4. The van der Waals surface area contributed by atoms with Gasteiger partial charge < -0.3 is 15.6 Å². The SMILES string of the molecule is NC1CCC(Oc2cccc(O)c2)C1. The molecule has 0 spiro atoms. The van der Waals surface area contributed by atoms with Crippen molar-refractivity contribution in [3.05, 3.63) is 24.3 Å². The Hall–Kier alpha value is -1.22. The summed E-state index contributed by atoms with van der Waals surface area (Å²) in [7, 11) is 0. The highest BCUT2D eigenvalue weighted by Crippen LogP contribution is 2.25. The molecule has 14 heavy (non-hydrogen) atoms. The lowest BCUT2D eigenvalue weighted by Crippen LogP contribution is -2.19. The van der Waals surface area contributed by atoms with E-state index in [-0.39, 0.29) is 17.9 Å². The number of phenols is 1. The van der Waals surface area contributed by atoms with Crippen LogP contribution in [0.25, 0.3) is 0 Å². The summed E-state index contributed by atoms with van der Waals surface area (Å²) in [6.45, 7) is 0. The molecule has 0 amide bonds. The summed E-state index contributed by atoms with van der Waals surface area (Å²) >= 11 is 0. The number of benzene rings is 1. The molecule has 0 radical (unpaired) electrons. The second-order valence-corrected chi connectivity index (χ2v) is 3.81. The van der Waals surface area contributed by atoms with Gasteiger partial charge in [0, 0.05) is 12.1 Å². The van der Waals surface area contributed by atoms with Gasteiger partial charge in [-0.2, -0.15) is 0 Å². The van der Waals surface area contributed by atoms with Crippen molar-refractivity contribution < 1.29 is 9.84 Å². The van der Waals surface area contributed by atoms with Crippen LogP contribution in [0.3, 0.4) is 0 Å². The van der Waals surface area contributed by atoms with Crippen LogP contribution in [0.4, 0.5) is 0 Å². The molecule has 1 saturated carbocycles. The average molecular weight is 193 g/mol. The number of hydrogen-bond acceptors (Lipinski definition) is 3. The molecule has 76 valence electrons.